The Bertz CT molecular complexity index is 755. The number of carbonyl (C=O) groups excluding carboxylic acids is 1. The summed E-state index contributed by atoms with van der Waals surface area (Å²) in [6.07, 6.45) is 1.44. The molecule has 2 rings (SSSR count). The van der Waals surface area contributed by atoms with Crippen molar-refractivity contribution in [2.75, 3.05) is 13.1 Å². The van der Waals surface area contributed by atoms with Crippen molar-refractivity contribution in [2.24, 2.45) is 5.73 Å². The van der Waals surface area contributed by atoms with Crippen LogP contribution < -0.4 is 22.3 Å². The van der Waals surface area contributed by atoms with Gasteiger partial charge in [-0.2, -0.15) is 0 Å². The number of nitrogens with one attached hydrogen (secondary N) is 1. The molecule has 0 radical (unpaired) electrons. The molecule has 2 aromatic rings. The van der Waals surface area contributed by atoms with Crippen molar-refractivity contribution in [3.63, 3.8) is 0 Å². The van der Waals surface area contributed by atoms with E-state index in [-0.39, 0.29) is 19.0 Å². The highest BCUT2D eigenvalue weighted by Gasteiger charge is 2.09. The predicted molar refractivity (Wildman–Crippen MR) is 89.8 cm³/mol. The lowest BCUT2D eigenvalue weighted by Crippen LogP contribution is -2.43. The van der Waals surface area contributed by atoms with Gasteiger partial charge in [0.25, 0.3) is 5.56 Å². The first-order chi connectivity index (χ1) is 10.6. The molecule has 0 aliphatic carbocycles. The highest BCUT2D eigenvalue weighted by molar-refractivity contribution is 5.85. The van der Waals surface area contributed by atoms with Gasteiger partial charge in [0.1, 0.15) is 6.54 Å². The number of hydrogen-bond donors (Lipinski definition) is 2. The number of halogens is 1. The maximum atomic E-state index is 12.3. The van der Waals surface area contributed by atoms with E-state index in [0.29, 0.717) is 19.6 Å². The Morgan fingerprint density at radius 3 is 2.48 bits per heavy atom. The number of nitrogens with zero attached hydrogens (tertiary/aromatic N) is 2. The molecule has 0 atom stereocenters. The second-order valence-electron chi connectivity index (χ2n) is 4.77. The molecule has 0 fully saturated rings. The number of carbonyl (C=O) groups is 1. The highest BCUT2D eigenvalue weighted by Crippen LogP contribution is 1.99. The monoisotopic (exact) mass is 338 g/mol. The molecule has 3 N–H and O–H groups in total. The second-order valence-corrected chi connectivity index (χ2v) is 4.77. The van der Waals surface area contributed by atoms with Crippen molar-refractivity contribution < 1.29 is 4.79 Å². The summed E-state index contributed by atoms with van der Waals surface area (Å²) in [6.45, 7) is 0.629. The Balaban J connectivity index is 0.00000264. The van der Waals surface area contributed by atoms with Crippen LogP contribution in [0.4, 0.5) is 0 Å². The summed E-state index contributed by atoms with van der Waals surface area (Å²) in [4.78, 5) is 35.8. The van der Waals surface area contributed by atoms with Gasteiger partial charge in [-0.1, -0.05) is 30.3 Å². The standard InChI is InChI=1S/C15H18N4O3.ClH/c16-7-8-17-13(20)11-19-14(21)6-9-18(15(19)22)10-12-4-2-1-3-5-12;/h1-6,9H,7-8,10-11,16H2,(H,17,20);1H. The van der Waals surface area contributed by atoms with E-state index in [2.05, 4.69) is 5.32 Å². The van der Waals surface area contributed by atoms with Gasteiger partial charge in [0, 0.05) is 25.4 Å². The van der Waals surface area contributed by atoms with E-state index in [0.717, 1.165) is 10.1 Å². The average molecular weight is 339 g/mol. The van der Waals surface area contributed by atoms with Crippen molar-refractivity contribution in [1.82, 2.24) is 14.5 Å². The predicted octanol–water partition coefficient (Wildman–Crippen LogP) is -0.445. The van der Waals surface area contributed by atoms with E-state index in [1.54, 1.807) is 0 Å². The lowest BCUT2D eigenvalue weighted by molar-refractivity contribution is -0.121. The molecular formula is C15H19ClN4O3. The molecule has 124 valence electrons. The summed E-state index contributed by atoms with van der Waals surface area (Å²) in [7, 11) is 0. The number of rotatable bonds is 6. The molecular weight excluding hydrogens is 320 g/mol. The third-order valence-corrected chi connectivity index (χ3v) is 3.10. The first-order valence-corrected chi connectivity index (χ1v) is 6.93. The molecule has 7 nitrogen and oxygen atoms in total. The van der Waals surface area contributed by atoms with Gasteiger partial charge in [0.05, 0.1) is 6.54 Å². The molecule has 1 aromatic carbocycles. The molecule has 1 heterocycles. The van der Waals surface area contributed by atoms with Crippen LogP contribution >= 0.6 is 12.4 Å². The highest BCUT2D eigenvalue weighted by atomic mass is 35.5. The number of nitrogens with two attached hydrogens (primary N) is 1. The molecule has 1 aromatic heterocycles. The molecule has 8 heteroatoms. The fourth-order valence-corrected chi connectivity index (χ4v) is 2.01. The number of amides is 1. The van der Waals surface area contributed by atoms with Gasteiger partial charge >= 0.3 is 5.69 Å². The summed E-state index contributed by atoms with van der Waals surface area (Å²) in [5.41, 5.74) is 5.21. The smallest absolute Gasteiger partial charge is 0.331 e. The minimum absolute atomic E-state index is 0. The summed E-state index contributed by atoms with van der Waals surface area (Å²) in [5, 5.41) is 2.53. The normalized spacial score (nSPS) is 9.96. The average Bonchev–Trinajstić information content (AvgIpc) is 2.53. The Labute approximate surface area is 139 Å². The third kappa shape index (κ3) is 5.08. The van der Waals surface area contributed by atoms with Gasteiger partial charge in [0.15, 0.2) is 0 Å². The number of benzene rings is 1. The molecule has 1 amide bonds. The zero-order valence-corrected chi connectivity index (χ0v) is 13.3. The first-order valence-electron chi connectivity index (χ1n) is 6.93. The minimum atomic E-state index is -0.515. The second kappa shape index (κ2) is 8.92. The fraction of sp³-hybridized carbons (Fsp3) is 0.267. The van der Waals surface area contributed by atoms with Crippen LogP contribution in [0.2, 0.25) is 0 Å². The SMILES string of the molecule is Cl.NCCNC(=O)Cn1c(=O)ccn(Cc2ccccc2)c1=O. The van der Waals surface area contributed by atoms with Crippen LogP contribution in [0.25, 0.3) is 0 Å². The zero-order chi connectivity index (χ0) is 15.9. The van der Waals surface area contributed by atoms with Crippen molar-refractivity contribution in [3.05, 3.63) is 69.0 Å². The van der Waals surface area contributed by atoms with Crippen molar-refractivity contribution in [3.8, 4) is 0 Å². The van der Waals surface area contributed by atoms with E-state index >= 15 is 0 Å². The molecule has 0 aliphatic heterocycles. The van der Waals surface area contributed by atoms with Gasteiger partial charge in [-0.3, -0.25) is 18.7 Å². The maximum Gasteiger partial charge on any atom is 0.331 e. The zero-order valence-electron chi connectivity index (χ0n) is 12.5. The third-order valence-electron chi connectivity index (χ3n) is 3.10. The van der Waals surface area contributed by atoms with Crippen molar-refractivity contribution in [2.45, 2.75) is 13.1 Å². The van der Waals surface area contributed by atoms with Crippen LogP contribution in [0.15, 0.2) is 52.2 Å². The van der Waals surface area contributed by atoms with Gasteiger partial charge in [0.2, 0.25) is 5.91 Å². The van der Waals surface area contributed by atoms with Crippen LogP contribution in [0.1, 0.15) is 5.56 Å². The molecule has 0 spiro atoms. The van der Waals surface area contributed by atoms with Gasteiger partial charge in [-0.05, 0) is 5.56 Å². The van der Waals surface area contributed by atoms with Crippen molar-refractivity contribution >= 4 is 18.3 Å². The fourth-order valence-electron chi connectivity index (χ4n) is 2.01. The number of aromatic nitrogens is 2. The van der Waals surface area contributed by atoms with Crippen LogP contribution in [0, 0.1) is 0 Å². The van der Waals surface area contributed by atoms with E-state index in [1.165, 1.54) is 16.8 Å². The Hall–Kier alpha value is -2.38. The van der Waals surface area contributed by atoms with E-state index in [4.69, 9.17) is 5.73 Å². The summed E-state index contributed by atoms with van der Waals surface area (Å²) < 4.78 is 2.31. The molecule has 0 bridgehead atoms. The van der Waals surface area contributed by atoms with E-state index < -0.39 is 17.2 Å². The molecule has 0 aliphatic rings. The van der Waals surface area contributed by atoms with Crippen molar-refractivity contribution in [1.29, 1.82) is 0 Å². The van der Waals surface area contributed by atoms with Crippen LogP contribution in [0.5, 0.6) is 0 Å². The minimum Gasteiger partial charge on any atom is -0.353 e. The van der Waals surface area contributed by atoms with Gasteiger partial charge < -0.3 is 11.1 Å². The molecule has 0 saturated heterocycles. The van der Waals surface area contributed by atoms with Gasteiger partial charge in [-0.15, -0.1) is 12.4 Å². The Kier molecular flexibility index (Phi) is 7.24. The topological polar surface area (TPSA) is 99.1 Å². The molecule has 0 saturated carbocycles. The lowest BCUT2D eigenvalue weighted by Gasteiger charge is -2.10. The first kappa shape index (κ1) is 18.7. The van der Waals surface area contributed by atoms with Gasteiger partial charge in [-0.25, -0.2) is 4.79 Å². The van der Waals surface area contributed by atoms with Crippen LogP contribution in [-0.4, -0.2) is 28.1 Å². The van der Waals surface area contributed by atoms with E-state index in [9.17, 15) is 14.4 Å². The summed E-state index contributed by atoms with van der Waals surface area (Å²) in [5.74, 6) is -0.415. The Morgan fingerprint density at radius 2 is 1.83 bits per heavy atom. The maximum absolute atomic E-state index is 12.3. The summed E-state index contributed by atoms with van der Waals surface area (Å²) in [6, 6.07) is 10.7. The summed E-state index contributed by atoms with van der Waals surface area (Å²) >= 11 is 0. The Morgan fingerprint density at radius 1 is 1.13 bits per heavy atom. The van der Waals surface area contributed by atoms with Crippen LogP contribution in [-0.2, 0) is 17.9 Å². The molecule has 0 unspecified atom stereocenters. The molecule has 23 heavy (non-hydrogen) atoms. The largest absolute Gasteiger partial charge is 0.353 e. The quantitative estimate of drug-likeness (QED) is 0.745. The van der Waals surface area contributed by atoms with E-state index in [1.807, 2.05) is 30.3 Å². The lowest BCUT2D eigenvalue weighted by atomic mass is 10.2. The van der Waals surface area contributed by atoms with Crippen LogP contribution in [0.3, 0.4) is 0 Å². The number of hydrogen-bond acceptors (Lipinski definition) is 4.